The maximum atomic E-state index is 5.93. The first kappa shape index (κ1) is 13.4. The van der Waals surface area contributed by atoms with Crippen LogP contribution in [0, 0.1) is 0 Å². The highest BCUT2D eigenvalue weighted by Crippen LogP contribution is 2.36. The number of fused-ring (bicyclic) bond motifs is 1. The van der Waals surface area contributed by atoms with Gasteiger partial charge in [-0.1, -0.05) is 0 Å². The zero-order valence-corrected chi connectivity index (χ0v) is 12.2. The predicted octanol–water partition coefficient (Wildman–Crippen LogP) is 4.13. The smallest absolute Gasteiger partial charge is 0.176 e. The lowest BCUT2D eigenvalue weighted by Gasteiger charge is -2.04. The second-order valence-corrected chi connectivity index (χ2v) is 4.59. The number of hydrogen-bond donors (Lipinski definition) is 0. The molecule has 1 heterocycles. The first-order chi connectivity index (χ1) is 10.2. The van der Waals surface area contributed by atoms with Crippen molar-refractivity contribution in [1.29, 1.82) is 0 Å². The Balaban J connectivity index is 2.11. The van der Waals surface area contributed by atoms with E-state index in [0.717, 1.165) is 28.2 Å². The van der Waals surface area contributed by atoms with Crippen molar-refractivity contribution >= 4 is 11.0 Å². The van der Waals surface area contributed by atoms with Gasteiger partial charge in [0.25, 0.3) is 0 Å². The van der Waals surface area contributed by atoms with Gasteiger partial charge in [0.2, 0.25) is 0 Å². The van der Waals surface area contributed by atoms with Crippen molar-refractivity contribution in [2.45, 2.75) is 0 Å². The summed E-state index contributed by atoms with van der Waals surface area (Å²) in [5.41, 5.74) is 1.69. The van der Waals surface area contributed by atoms with Crippen LogP contribution in [-0.4, -0.2) is 21.3 Å². The fraction of sp³-hybridized carbons (Fsp3) is 0.176. The van der Waals surface area contributed by atoms with Gasteiger partial charge in [0.15, 0.2) is 11.3 Å². The van der Waals surface area contributed by atoms with Gasteiger partial charge in [-0.2, -0.15) is 0 Å². The van der Waals surface area contributed by atoms with Gasteiger partial charge in [0.05, 0.1) is 21.3 Å². The minimum Gasteiger partial charge on any atom is -0.497 e. The highest BCUT2D eigenvalue weighted by Gasteiger charge is 2.12. The maximum absolute atomic E-state index is 5.93. The molecule has 0 aliphatic carbocycles. The third kappa shape index (κ3) is 2.40. The van der Waals surface area contributed by atoms with Gasteiger partial charge in [-0.3, -0.25) is 0 Å². The molecular formula is C17H16O4. The predicted molar refractivity (Wildman–Crippen MR) is 81.3 cm³/mol. The molecule has 0 aliphatic heterocycles. The molecule has 0 saturated heterocycles. The molecular weight excluding hydrogens is 268 g/mol. The first-order valence-corrected chi connectivity index (χ1v) is 6.55. The van der Waals surface area contributed by atoms with Crippen LogP contribution in [0.4, 0.5) is 0 Å². The molecule has 0 N–H and O–H groups in total. The van der Waals surface area contributed by atoms with E-state index in [4.69, 9.17) is 18.6 Å². The molecule has 108 valence electrons. The van der Waals surface area contributed by atoms with E-state index in [0.29, 0.717) is 11.3 Å². The Morgan fingerprint density at radius 2 is 1.48 bits per heavy atom. The van der Waals surface area contributed by atoms with E-state index in [1.165, 1.54) is 0 Å². The zero-order chi connectivity index (χ0) is 14.8. The van der Waals surface area contributed by atoms with Gasteiger partial charge in [-0.25, -0.2) is 0 Å². The van der Waals surface area contributed by atoms with Crippen molar-refractivity contribution in [3.8, 4) is 28.6 Å². The summed E-state index contributed by atoms with van der Waals surface area (Å²) in [6.45, 7) is 0. The number of methoxy groups -OCH3 is 3. The van der Waals surface area contributed by atoms with Gasteiger partial charge >= 0.3 is 0 Å². The average Bonchev–Trinajstić information content (AvgIpc) is 2.97. The van der Waals surface area contributed by atoms with E-state index in [1.807, 2.05) is 42.5 Å². The molecule has 4 heteroatoms. The Kier molecular flexibility index (Phi) is 3.44. The molecule has 0 atom stereocenters. The zero-order valence-electron chi connectivity index (χ0n) is 12.2. The van der Waals surface area contributed by atoms with E-state index in [2.05, 4.69) is 0 Å². The highest BCUT2D eigenvalue weighted by atomic mass is 16.5. The Morgan fingerprint density at radius 1 is 0.762 bits per heavy atom. The molecule has 3 rings (SSSR count). The normalized spacial score (nSPS) is 10.6. The van der Waals surface area contributed by atoms with Crippen LogP contribution in [0.25, 0.3) is 22.3 Å². The lowest BCUT2D eigenvalue weighted by molar-refractivity contribution is 0.393. The van der Waals surface area contributed by atoms with Crippen molar-refractivity contribution < 1.29 is 18.6 Å². The monoisotopic (exact) mass is 284 g/mol. The highest BCUT2D eigenvalue weighted by molar-refractivity contribution is 5.88. The summed E-state index contributed by atoms with van der Waals surface area (Å²) in [4.78, 5) is 0. The largest absolute Gasteiger partial charge is 0.497 e. The molecule has 0 unspecified atom stereocenters. The van der Waals surface area contributed by atoms with Gasteiger partial charge in [0.1, 0.15) is 17.3 Å². The Labute approximate surface area is 122 Å². The summed E-state index contributed by atoms with van der Waals surface area (Å²) in [5, 5.41) is 0.942. The molecule has 0 radical (unpaired) electrons. The lowest BCUT2D eigenvalue weighted by Crippen LogP contribution is -1.86. The molecule has 4 nitrogen and oxygen atoms in total. The van der Waals surface area contributed by atoms with E-state index in [1.54, 1.807) is 21.3 Å². The molecule has 2 aromatic carbocycles. The van der Waals surface area contributed by atoms with Gasteiger partial charge < -0.3 is 18.6 Å². The molecule has 0 bridgehead atoms. The van der Waals surface area contributed by atoms with Crippen LogP contribution in [0.5, 0.6) is 17.2 Å². The summed E-state index contributed by atoms with van der Waals surface area (Å²) >= 11 is 0. The number of furan rings is 1. The Hall–Kier alpha value is -2.62. The van der Waals surface area contributed by atoms with Crippen LogP contribution in [0.3, 0.4) is 0 Å². The third-order valence-corrected chi connectivity index (χ3v) is 3.39. The number of benzene rings is 2. The minimum absolute atomic E-state index is 0.657. The fourth-order valence-corrected chi connectivity index (χ4v) is 2.26. The molecule has 3 aromatic rings. The van der Waals surface area contributed by atoms with E-state index >= 15 is 0 Å². The number of rotatable bonds is 4. The Morgan fingerprint density at radius 3 is 2.10 bits per heavy atom. The molecule has 0 saturated carbocycles. The molecule has 21 heavy (non-hydrogen) atoms. The number of ether oxygens (including phenoxy) is 3. The van der Waals surface area contributed by atoms with E-state index in [-0.39, 0.29) is 0 Å². The summed E-state index contributed by atoms with van der Waals surface area (Å²) < 4.78 is 21.7. The van der Waals surface area contributed by atoms with Gasteiger partial charge in [0, 0.05) is 17.0 Å². The van der Waals surface area contributed by atoms with E-state index in [9.17, 15) is 0 Å². The fourth-order valence-electron chi connectivity index (χ4n) is 2.26. The summed E-state index contributed by atoms with van der Waals surface area (Å²) in [7, 11) is 4.89. The first-order valence-electron chi connectivity index (χ1n) is 6.55. The third-order valence-electron chi connectivity index (χ3n) is 3.39. The lowest BCUT2D eigenvalue weighted by atomic mass is 10.1. The van der Waals surface area contributed by atoms with Crippen LogP contribution < -0.4 is 14.2 Å². The topological polar surface area (TPSA) is 40.8 Å². The van der Waals surface area contributed by atoms with Crippen LogP contribution in [0.2, 0.25) is 0 Å². The van der Waals surface area contributed by atoms with Crippen LogP contribution in [0.1, 0.15) is 0 Å². The minimum atomic E-state index is 0.657. The Bertz CT molecular complexity index is 756. The van der Waals surface area contributed by atoms with E-state index < -0.39 is 0 Å². The van der Waals surface area contributed by atoms with Crippen LogP contribution in [-0.2, 0) is 0 Å². The van der Waals surface area contributed by atoms with Crippen molar-refractivity contribution in [1.82, 2.24) is 0 Å². The quantitative estimate of drug-likeness (QED) is 0.722. The van der Waals surface area contributed by atoms with Crippen molar-refractivity contribution in [3.63, 3.8) is 0 Å². The second-order valence-electron chi connectivity index (χ2n) is 4.59. The summed E-state index contributed by atoms with van der Waals surface area (Å²) in [5.74, 6) is 2.99. The SMILES string of the molecule is COc1ccc(-c2cc3cc(OC)cc(OC)c3o2)cc1. The molecule has 0 spiro atoms. The van der Waals surface area contributed by atoms with Gasteiger partial charge in [-0.05, 0) is 36.4 Å². The van der Waals surface area contributed by atoms with Crippen molar-refractivity contribution in [2.24, 2.45) is 0 Å². The summed E-state index contributed by atoms with van der Waals surface area (Å²) in [6.07, 6.45) is 0. The molecule has 0 amide bonds. The van der Waals surface area contributed by atoms with Crippen molar-refractivity contribution in [3.05, 3.63) is 42.5 Å². The van der Waals surface area contributed by atoms with Crippen LogP contribution in [0.15, 0.2) is 46.9 Å². The summed E-state index contributed by atoms with van der Waals surface area (Å²) in [6, 6.07) is 13.4. The van der Waals surface area contributed by atoms with Gasteiger partial charge in [-0.15, -0.1) is 0 Å². The second kappa shape index (κ2) is 5.40. The molecule has 0 fully saturated rings. The molecule has 1 aromatic heterocycles. The van der Waals surface area contributed by atoms with Crippen molar-refractivity contribution in [2.75, 3.05) is 21.3 Å². The average molecular weight is 284 g/mol. The maximum Gasteiger partial charge on any atom is 0.176 e. The van der Waals surface area contributed by atoms with Crippen LogP contribution >= 0.6 is 0 Å². The standard InChI is InChI=1S/C17H16O4/c1-18-13-6-4-11(5-7-13)15-9-12-8-14(19-2)10-16(20-3)17(12)21-15/h4-10H,1-3H3. The number of hydrogen-bond acceptors (Lipinski definition) is 4. The molecule has 0 aliphatic rings.